The highest BCUT2D eigenvalue weighted by molar-refractivity contribution is 9.10. The van der Waals surface area contributed by atoms with Gasteiger partial charge < -0.3 is 15.6 Å². The van der Waals surface area contributed by atoms with Crippen molar-refractivity contribution in [2.75, 3.05) is 6.61 Å². The van der Waals surface area contributed by atoms with Crippen LogP contribution in [-0.4, -0.2) is 17.8 Å². The second-order valence-electron chi connectivity index (χ2n) is 4.52. The molecule has 3 atom stereocenters. The Labute approximate surface area is 130 Å². The van der Waals surface area contributed by atoms with Gasteiger partial charge in [0.25, 0.3) is 0 Å². The van der Waals surface area contributed by atoms with Gasteiger partial charge in [0.1, 0.15) is 5.75 Å². The fourth-order valence-corrected chi connectivity index (χ4v) is 2.22. The molecule has 1 aromatic carbocycles. The number of hydrogen-bond donors (Lipinski definition) is 2. The Bertz CT molecular complexity index is 390. The molecule has 19 heavy (non-hydrogen) atoms. The summed E-state index contributed by atoms with van der Waals surface area (Å²) in [6.07, 6.45) is 0.329. The molecule has 0 fully saturated rings. The number of nitrogens with two attached hydrogens (primary N) is 1. The monoisotopic (exact) mass is 351 g/mol. The molecule has 0 aliphatic carbocycles. The molecule has 3 N–H and O–H groups in total. The summed E-state index contributed by atoms with van der Waals surface area (Å²) in [5, 5.41) is 10.2. The predicted octanol–water partition coefficient (Wildman–Crippen LogP) is 3.68. The molecule has 1 unspecified atom stereocenters. The van der Waals surface area contributed by atoms with Crippen LogP contribution in [0.15, 0.2) is 22.7 Å². The smallest absolute Gasteiger partial charge is 0.124 e. The van der Waals surface area contributed by atoms with E-state index in [-0.39, 0.29) is 18.3 Å². The summed E-state index contributed by atoms with van der Waals surface area (Å²) in [6, 6.07) is 5.28. The first-order valence-corrected chi connectivity index (χ1v) is 7.16. The summed E-state index contributed by atoms with van der Waals surface area (Å²) < 4.78 is 6.50. The highest BCUT2D eigenvalue weighted by Crippen LogP contribution is 2.31. The summed E-state index contributed by atoms with van der Waals surface area (Å²) in [5.74, 6) is 0.906. The molecule has 0 heterocycles. The number of rotatable bonds is 6. The van der Waals surface area contributed by atoms with Gasteiger partial charge in [-0.3, -0.25) is 0 Å². The number of benzene rings is 1. The summed E-state index contributed by atoms with van der Waals surface area (Å²) in [6.45, 7) is 6.57. The average Bonchev–Trinajstić information content (AvgIpc) is 2.38. The molecule has 0 radical (unpaired) electrons. The molecular formula is C14H23BrClNO2. The minimum absolute atomic E-state index is 0. The average molecular weight is 353 g/mol. The number of ether oxygens (including phenoxy) is 1. The lowest BCUT2D eigenvalue weighted by Crippen LogP contribution is -2.31. The fourth-order valence-electron chi connectivity index (χ4n) is 1.85. The van der Waals surface area contributed by atoms with E-state index < -0.39 is 12.1 Å². The van der Waals surface area contributed by atoms with Crippen LogP contribution in [0.3, 0.4) is 0 Å². The maximum atomic E-state index is 10.2. The molecule has 0 aliphatic rings. The number of aliphatic hydroxyl groups is 1. The summed E-state index contributed by atoms with van der Waals surface area (Å²) in [4.78, 5) is 0. The molecule has 1 rings (SSSR count). The number of halogens is 2. The van der Waals surface area contributed by atoms with Crippen molar-refractivity contribution in [2.24, 2.45) is 11.7 Å². The molecule has 0 saturated heterocycles. The lowest BCUT2D eigenvalue weighted by Gasteiger charge is -2.26. The molecule has 5 heteroatoms. The van der Waals surface area contributed by atoms with Crippen molar-refractivity contribution in [3.05, 3.63) is 28.2 Å². The molecule has 110 valence electrons. The van der Waals surface area contributed by atoms with E-state index in [0.717, 1.165) is 22.2 Å². The van der Waals surface area contributed by atoms with Gasteiger partial charge in [-0.2, -0.15) is 0 Å². The van der Waals surface area contributed by atoms with E-state index in [1.165, 1.54) is 0 Å². The Kier molecular flexibility index (Phi) is 8.66. The van der Waals surface area contributed by atoms with Crippen molar-refractivity contribution in [2.45, 2.75) is 39.3 Å². The molecule has 3 nitrogen and oxygen atoms in total. The Morgan fingerprint density at radius 1 is 1.37 bits per heavy atom. The lowest BCUT2D eigenvalue weighted by atomic mass is 9.91. The third-order valence-corrected chi connectivity index (χ3v) is 3.72. The zero-order chi connectivity index (χ0) is 13.7. The van der Waals surface area contributed by atoms with Crippen LogP contribution in [0.4, 0.5) is 0 Å². The van der Waals surface area contributed by atoms with Crippen LogP contribution in [0.1, 0.15) is 38.8 Å². The van der Waals surface area contributed by atoms with Crippen LogP contribution < -0.4 is 10.5 Å². The van der Waals surface area contributed by atoms with Gasteiger partial charge in [0.2, 0.25) is 0 Å². The Hall–Kier alpha value is -0.290. The SMILES string of the molecule is CCOc1ccc(Br)cc1[C@H](N)[C@H](O)C(C)CC.Cl. The van der Waals surface area contributed by atoms with Crippen molar-refractivity contribution in [3.8, 4) is 5.75 Å². The maximum absolute atomic E-state index is 10.2. The van der Waals surface area contributed by atoms with E-state index in [0.29, 0.717) is 6.61 Å². The second kappa shape index (κ2) is 8.80. The van der Waals surface area contributed by atoms with Gasteiger partial charge in [0.15, 0.2) is 0 Å². The van der Waals surface area contributed by atoms with Gasteiger partial charge in [-0.1, -0.05) is 36.2 Å². The van der Waals surface area contributed by atoms with E-state index in [4.69, 9.17) is 10.5 Å². The van der Waals surface area contributed by atoms with Gasteiger partial charge in [-0.15, -0.1) is 12.4 Å². The Morgan fingerprint density at radius 2 is 2.00 bits per heavy atom. The summed E-state index contributed by atoms with van der Waals surface area (Å²) in [5.41, 5.74) is 7.01. The van der Waals surface area contributed by atoms with E-state index in [9.17, 15) is 5.11 Å². The zero-order valence-corrected chi connectivity index (χ0v) is 14.0. The Balaban J connectivity index is 0.00000324. The quantitative estimate of drug-likeness (QED) is 0.821. The van der Waals surface area contributed by atoms with Gasteiger partial charge in [-0.25, -0.2) is 0 Å². The highest BCUT2D eigenvalue weighted by atomic mass is 79.9. The van der Waals surface area contributed by atoms with E-state index in [2.05, 4.69) is 15.9 Å². The lowest BCUT2D eigenvalue weighted by molar-refractivity contribution is 0.0868. The minimum atomic E-state index is -0.566. The van der Waals surface area contributed by atoms with Crippen LogP contribution >= 0.6 is 28.3 Å². The van der Waals surface area contributed by atoms with Crippen molar-refractivity contribution in [3.63, 3.8) is 0 Å². The van der Waals surface area contributed by atoms with Gasteiger partial charge >= 0.3 is 0 Å². The van der Waals surface area contributed by atoms with E-state index in [1.807, 2.05) is 39.0 Å². The van der Waals surface area contributed by atoms with Crippen LogP contribution in [-0.2, 0) is 0 Å². The van der Waals surface area contributed by atoms with E-state index in [1.54, 1.807) is 0 Å². The molecular weight excluding hydrogens is 330 g/mol. The number of aliphatic hydroxyl groups excluding tert-OH is 1. The topological polar surface area (TPSA) is 55.5 Å². The first kappa shape index (κ1) is 18.7. The Morgan fingerprint density at radius 3 is 2.53 bits per heavy atom. The van der Waals surface area contributed by atoms with Crippen molar-refractivity contribution >= 4 is 28.3 Å². The van der Waals surface area contributed by atoms with Crippen molar-refractivity contribution in [1.29, 1.82) is 0 Å². The standard InChI is InChI=1S/C14H22BrNO2.ClH/c1-4-9(3)14(17)13(16)11-8-10(15)6-7-12(11)18-5-2;/h6-9,13-14,17H,4-5,16H2,1-3H3;1H/t9?,13-,14+;/m0./s1. The van der Waals surface area contributed by atoms with Crippen molar-refractivity contribution < 1.29 is 9.84 Å². The molecule has 0 saturated carbocycles. The molecule has 1 aromatic rings. The highest BCUT2D eigenvalue weighted by Gasteiger charge is 2.24. The summed E-state index contributed by atoms with van der Waals surface area (Å²) >= 11 is 3.43. The van der Waals surface area contributed by atoms with E-state index >= 15 is 0 Å². The minimum Gasteiger partial charge on any atom is -0.494 e. The van der Waals surface area contributed by atoms with Gasteiger partial charge in [-0.05, 0) is 31.0 Å². The molecule has 0 aromatic heterocycles. The van der Waals surface area contributed by atoms with Gasteiger partial charge in [0.05, 0.1) is 18.8 Å². The van der Waals surface area contributed by atoms with Crippen LogP contribution in [0, 0.1) is 5.92 Å². The largest absolute Gasteiger partial charge is 0.494 e. The first-order valence-electron chi connectivity index (χ1n) is 6.37. The third kappa shape index (κ3) is 4.95. The second-order valence-corrected chi connectivity index (χ2v) is 5.43. The normalized spacial score (nSPS) is 15.3. The number of hydrogen-bond acceptors (Lipinski definition) is 3. The summed E-state index contributed by atoms with van der Waals surface area (Å²) in [7, 11) is 0. The van der Waals surface area contributed by atoms with Gasteiger partial charge in [0, 0.05) is 10.0 Å². The molecule has 0 bridgehead atoms. The third-order valence-electron chi connectivity index (χ3n) is 3.23. The van der Waals surface area contributed by atoms with Crippen LogP contribution in [0.2, 0.25) is 0 Å². The zero-order valence-electron chi connectivity index (χ0n) is 11.6. The first-order chi connectivity index (χ1) is 8.51. The molecule has 0 spiro atoms. The van der Waals surface area contributed by atoms with Crippen LogP contribution in [0.25, 0.3) is 0 Å². The van der Waals surface area contributed by atoms with Crippen molar-refractivity contribution in [1.82, 2.24) is 0 Å². The predicted molar refractivity (Wildman–Crippen MR) is 84.9 cm³/mol. The van der Waals surface area contributed by atoms with Crippen LogP contribution in [0.5, 0.6) is 5.75 Å². The molecule has 0 aliphatic heterocycles. The maximum Gasteiger partial charge on any atom is 0.124 e. The fraction of sp³-hybridized carbons (Fsp3) is 0.571. The molecule has 0 amide bonds.